The van der Waals surface area contributed by atoms with E-state index >= 15 is 0 Å². The number of hydrogen-bond donors (Lipinski definition) is 2. The van der Waals surface area contributed by atoms with E-state index in [0.717, 1.165) is 5.69 Å². The number of likely N-dealkylation sites (N-methyl/N-ethyl adjacent to an activating group) is 1. The van der Waals surface area contributed by atoms with Crippen molar-refractivity contribution in [3.8, 4) is 0 Å². The van der Waals surface area contributed by atoms with E-state index in [4.69, 9.17) is 5.73 Å². The van der Waals surface area contributed by atoms with Gasteiger partial charge < -0.3 is 11.1 Å². The van der Waals surface area contributed by atoms with E-state index in [9.17, 15) is 4.79 Å². The van der Waals surface area contributed by atoms with E-state index in [0.29, 0.717) is 13.1 Å². The molecule has 1 atom stereocenters. The Morgan fingerprint density at radius 3 is 2.67 bits per heavy atom. The maximum atomic E-state index is 11.1. The second kappa shape index (κ2) is 3.90. The molecule has 3 N–H and O–H groups in total. The third kappa shape index (κ3) is 2.10. The molecular formula is C11H15N3O. The first-order valence-corrected chi connectivity index (χ1v) is 4.99. The van der Waals surface area contributed by atoms with E-state index in [2.05, 4.69) is 5.32 Å². The van der Waals surface area contributed by atoms with Gasteiger partial charge >= 0.3 is 0 Å². The van der Waals surface area contributed by atoms with Crippen LogP contribution in [0.25, 0.3) is 0 Å². The quantitative estimate of drug-likeness (QED) is 0.651. The van der Waals surface area contributed by atoms with E-state index in [1.54, 1.807) is 0 Å². The maximum Gasteiger partial charge on any atom is 0.234 e. The molecule has 0 saturated carbocycles. The minimum Gasteiger partial charge on any atom is -0.399 e. The van der Waals surface area contributed by atoms with Crippen LogP contribution in [0.5, 0.6) is 0 Å². The largest absolute Gasteiger partial charge is 0.399 e. The first-order valence-electron chi connectivity index (χ1n) is 4.99. The zero-order valence-corrected chi connectivity index (χ0v) is 8.73. The van der Waals surface area contributed by atoms with Gasteiger partial charge in [-0.3, -0.25) is 9.69 Å². The smallest absolute Gasteiger partial charge is 0.234 e. The molecule has 0 spiro atoms. The topological polar surface area (TPSA) is 58.4 Å². The highest BCUT2D eigenvalue weighted by Gasteiger charge is 2.24. The zero-order chi connectivity index (χ0) is 10.8. The Kier molecular flexibility index (Phi) is 2.60. The van der Waals surface area contributed by atoms with Crippen molar-refractivity contribution in [3.63, 3.8) is 0 Å². The molecule has 1 fully saturated rings. The Labute approximate surface area is 89.1 Å². The molecule has 0 aromatic heterocycles. The number of rotatable bonds is 1. The number of benzene rings is 1. The fraction of sp³-hybridized carbons (Fsp3) is 0.364. The van der Waals surface area contributed by atoms with Crippen LogP contribution in [-0.2, 0) is 4.79 Å². The molecule has 1 aliphatic rings. The van der Waals surface area contributed by atoms with Crippen LogP contribution in [0.1, 0.15) is 11.6 Å². The SMILES string of the molecule is CN1CC(=O)NCC1c1ccc(N)cc1. The lowest BCUT2D eigenvalue weighted by atomic mass is 10.0. The van der Waals surface area contributed by atoms with Crippen molar-refractivity contribution >= 4 is 11.6 Å². The van der Waals surface area contributed by atoms with Gasteiger partial charge in [0.15, 0.2) is 0 Å². The standard InChI is InChI=1S/C11H15N3O/c1-14-7-11(15)13-6-10(14)8-2-4-9(12)5-3-8/h2-5,10H,6-7,12H2,1H3,(H,13,15). The third-order valence-corrected chi connectivity index (χ3v) is 2.74. The lowest BCUT2D eigenvalue weighted by Gasteiger charge is -2.32. The molecule has 4 nitrogen and oxygen atoms in total. The monoisotopic (exact) mass is 205 g/mol. The van der Waals surface area contributed by atoms with E-state index < -0.39 is 0 Å². The minimum absolute atomic E-state index is 0.0872. The van der Waals surface area contributed by atoms with Gasteiger partial charge in [0.1, 0.15) is 0 Å². The summed E-state index contributed by atoms with van der Waals surface area (Å²) in [6.07, 6.45) is 0. The van der Waals surface area contributed by atoms with E-state index in [1.807, 2.05) is 36.2 Å². The van der Waals surface area contributed by atoms with Crippen molar-refractivity contribution in [1.82, 2.24) is 10.2 Å². The molecule has 4 heteroatoms. The number of piperazine rings is 1. The number of nitrogen functional groups attached to an aromatic ring is 1. The number of anilines is 1. The highest BCUT2D eigenvalue weighted by molar-refractivity contribution is 5.78. The molecule has 1 saturated heterocycles. The maximum absolute atomic E-state index is 11.1. The van der Waals surface area contributed by atoms with Crippen LogP contribution in [0.3, 0.4) is 0 Å². The second-order valence-electron chi connectivity index (χ2n) is 3.90. The molecule has 80 valence electrons. The van der Waals surface area contributed by atoms with Gasteiger partial charge in [0.05, 0.1) is 12.6 Å². The summed E-state index contributed by atoms with van der Waals surface area (Å²) in [6.45, 7) is 1.12. The van der Waals surface area contributed by atoms with Crippen LogP contribution in [0.4, 0.5) is 5.69 Å². The molecule has 1 amide bonds. The van der Waals surface area contributed by atoms with Crippen LogP contribution in [-0.4, -0.2) is 30.9 Å². The minimum atomic E-state index is 0.0872. The van der Waals surface area contributed by atoms with Gasteiger partial charge in [0, 0.05) is 12.2 Å². The van der Waals surface area contributed by atoms with Crippen molar-refractivity contribution in [3.05, 3.63) is 29.8 Å². The summed E-state index contributed by atoms with van der Waals surface area (Å²) in [6, 6.07) is 8.05. The molecule has 2 rings (SSSR count). The number of nitrogens with zero attached hydrogens (tertiary/aromatic N) is 1. The fourth-order valence-corrected chi connectivity index (χ4v) is 1.85. The molecule has 1 aliphatic heterocycles. The summed E-state index contributed by atoms with van der Waals surface area (Å²) in [4.78, 5) is 13.2. The van der Waals surface area contributed by atoms with Crippen molar-refractivity contribution < 1.29 is 4.79 Å². The number of hydrogen-bond acceptors (Lipinski definition) is 3. The summed E-state index contributed by atoms with van der Waals surface area (Å²) >= 11 is 0. The molecule has 0 bridgehead atoms. The molecule has 1 heterocycles. The molecule has 1 aromatic rings. The molecule has 1 aromatic carbocycles. The van der Waals surface area contributed by atoms with Crippen molar-refractivity contribution in [1.29, 1.82) is 0 Å². The first-order chi connectivity index (χ1) is 7.16. The number of carbonyl (C=O) groups is 1. The van der Waals surface area contributed by atoms with E-state index in [-0.39, 0.29) is 11.9 Å². The predicted octanol–water partition coefficient (Wildman–Crippen LogP) is 0.371. The predicted molar refractivity (Wildman–Crippen MR) is 59.2 cm³/mol. The summed E-state index contributed by atoms with van der Waals surface area (Å²) in [5.74, 6) is 0.0872. The van der Waals surface area contributed by atoms with Gasteiger partial charge in [-0.05, 0) is 24.7 Å². The van der Waals surface area contributed by atoms with Crippen LogP contribution in [0, 0.1) is 0 Å². The lowest BCUT2D eigenvalue weighted by molar-refractivity contribution is -0.125. The molecule has 0 radical (unpaired) electrons. The third-order valence-electron chi connectivity index (χ3n) is 2.74. The van der Waals surface area contributed by atoms with E-state index in [1.165, 1.54) is 5.56 Å². The zero-order valence-electron chi connectivity index (χ0n) is 8.73. The Balaban J connectivity index is 2.16. The van der Waals surface area contributed by atoms with Gasteiger partial charge in [-0.2, -0.15) is 0 Å². The fourth-order valence-electron chi connectivity index (χ4n) is 1.85. The number of amides is 1. The molecule has 0 aliphatic carbocycles. The summed E-state index contributed by atoms with van der Waals surface area (Å²) in [5.41, 5.74) is 7.58. The van der Waals surface area contributed by atoms with Crippen molar-refractivity contribution in [2.75, 3.05) is 25.9 Å². The number of carbonyl (C=O) groups excluding carboxylic acids is 1. The van der Waals surface area contributed by atoms with Gasteiger partial charge in [-0.1, -0.05) is 12.1 Å². The average molecular weight is 205 g/mol. The summed E-state index contributed by atoms with van der Waals surface area (Å²) in [5, 5.41) is 2.86. The average Bonchev–Trinajstić information content (AvgIpc) is 2.20. The van der Waals surface area contributed by atoms with Crippen LogP contribution >= 0.6 is 0 Å². The number of nitrogens with one attached hydrogen (secondary N) is 1. The van der Waals surface area contributed by atoms with Crippen LogP contribution in [0.15, 0.2) is 24.3 Å². The molecule has 15 heavy (non-hydrogen) atoms. The van der Waals surface area contributed by atoms with Gasteiger partial charge in [0.2, 0.25) is 5.91 Å². The van der Waals surface area contributed by atoms with Crippen LogP contribution in [0.2, 0.25) is 0 Å². The first kappa shape index (κ1) is 9.98. The normalized spacial score (nSPS) is 22.5. The van der Waals surface area contributed by atoms with Gasteiger partial charge in [0.25, 0.3) is 0 Å². The Morgan fingerprint density at radius 1 is 1.40 bits per heavy atom. The van der Waals surface area contributed by atoms with Crippen molar-refractivity contribution in [2.24, 2.45) is 0 Å². The van der Waals surface area contributed by atoms with Crippen molar-refractivity contribution in [2.45, 2.75) is 6.04 Å². The Hall–Kier alpha value is -1.55. The van der Waals surface area contributed by atoms with Gasteiger partial charge in [-0.15, -0.1) is 0 Å². The lowest BCUT2D eigenvalue weighted by Crippen LogP contribution is -2.47. The highest BCUT2D eigenvalue weighted by atomic mass is 16.2. The Morgan fingerprint density at radius 2 is 2.07 bits per heavy atom. The highest BCUT2D eigenvalue weighted by Crippen LogP contribution is 2.21. The van der Waals surface area contributed by atoms with Gasteiger partial charge in [-0.25, -0.2) is 0 Å². The summed E-state index contributed by atoms with van der Waals surface area (Å²) < 4.78 is 0. The Bertz CT molecular complexity index is 361. The molecular weight excluding hydrogens is 190 g/mol. The molecule has 1 unspecified atom stereocenters. The second-order valence-corrected chi connectivity index (χ2v) is 3.90. The summed E-state index contributed by atoms with van der Waals surface area (Å²) in [7, 11) is 1.96. The number of nitrogens with two attached hydrogens (primary N) is 1. The van der Waals surface area contributed by atoms with Crippen LogP contribution < -0.4 is 11.1 Å².